The summed E-state index contributed by atoms with van der Waals surface area (Å²) in [7, 11) is 0. The van der Waals surface area contributed by atoms with Crippen molar-refractivity contribution < 1.29 is 18.7 Å². The highest BCUT2D eigenvalue weighted by molar-refractivity contribution is 6.17. The lowest BCUT2D eigenvalue weighted by atomic mass is 9.98. The molecule has 3 aromatic carbocycles. The minimum atomic E-state index is -0.418. The molecule has 0 aliphatic carbocycles. The van der Waals surface area contributed by atoms with Gasteiger partial charge in [0, 0.05) is 23.2 Å². The van der Waals surface area contributed by atoms with E-state index in [0.717, 1.165) is 17.7 Å². The highest BCUT2D eigenvalue weighted by Gasteiger charge is 2.19. The lowest BCUT2D eigenvalue weighted by Crippen LogP contribution is -2.17. The van der Waals surface area contributed by atoms with Crippen LogP contribution in [0.4, 0.5) is 10.1 Å². The van der Waals surface area contributed by atoms with Crippen molar-refractivity contribution in [1.29, 1.82) is 0 Å². The second-order valence-corrected chi connectivity index (χ2v) is 6.26. The van der Waals surface area contributed by atoms with Gasteiger partial charge >= 0.3 is 0 Å². The van der Waals surface area contributed by atoms with Crippen molar-refractivity contribution in [3.8, 4) is 5.75 Å². The number of hydrogen-bond acceptors (Lipinski definition) is 3. The Morgan fingerprint density at radius 3 is 2.44 bits per heavy atom. The fourth-order valence-corrected chi connectivity index (χ4v) is 3.10. The molecule has 5 heteroatoms. The molecule has 1 amide bonds. The number of anilines is 1. The SMILES string of the molecule is O=C(Nc1ccc2c(c1)CCO2)c1ccccc1C(=O)c1ccc(F)cc1. The van der Waals surface area contributed by atoms with Crippen molar-refractivity contribution in [1.82, 2.24) is 0 Å². The molecule has 134 valence electrons. The molecule has 0 aromatic heterocycles. The highest BCUT2D eigenvalue weighted by atomic mass is 19.1. The second kappa shape index (κ2) is 7.03. The third kappa shape index (κ3) is 3.44. The number of hydrogen-bond donors (Lipinski definition) is 1. The molecule has 0 radical (unpaired) electrons. The van der Waals surface area contributed by atoms with Gasteiger partial charge in [-0.3, -0.25) is 9.59 Å². The maximum Gasteiger partial charge on any atom is 0.256 e. The summed E-state index contributed by atoms with van der Waals surface area (Å²) in [5.41, 5.74) is 2.55. The van der Waals surface area contributed by atoms with Gasteiger partial charge in [-0.2, -0.15) is 0 Å². The van der Waals surface area contributed by atoms with Gasteiger partial charge in [0.15, 0.2) is 5.78 Å². The smallest absolute Gasteiger partial charge is 0.256 e. The first kappa shape index (κ1) is 17.0. The first-order chi connectivity index (χ1) is 13.1. The van der Waals surface area contributed by atoms with E-state index in [1.807, 2.05) is 12.1 Å². The van der Waals surface area contributed by atoms with Gasteiger partial charge in [-0.1, -0.05) is 18.2 Å². The van der Waals surface area contributed by atoms with E-state index in [9.17, 15) is 14.0 Å². The lowest BCUT2D eigenvalue weighted by molar-refractivity contribution is 0.0996. The zero-order chi connectivity index (χ0) is 18.8. The Balaban J connectivity index is 1.61. The maximum absolute atomic E-state index is 13.1. The van der Waals surface area contributed by atoms with Crippen LogP contribution >= 0.6 is 0 Å². The molecule has 0 saturated heterocycles. The number of rotatable bonds is 4. The molecule has 27 heavy (non-hydrogen) atoms. The van der Waals surface area contributed by atoms with E-state index in [1.54, 1.807) is 30.3 Å². The van der Waals surface area contributed by atoms with Crippen molar-refractivity contribution >= 4 is 17.4 Å². The summed E-state index contributed by atoms with van der Waals surface area (Å²) in [5, 5.41) is 2.84. The minimum absolute atomic E-state index is 0.267. The number of ketones is 1. The van der Waals surface area contributed by atoms with Gasteiger partial charge in [-0.05, 0) is 54.1 Å². The summed E-state index contributed by atoms with van der Waals surface area (Å²) >= 11 is 0. The molecule has 1 heterocycles. The van der Waals surface area contributed by atoms with Gasteiger partial charge in [0.2, 0.25) is 0 Å². The van der Waals surface area contributed by atoms with Crippen molar-refractivity contribution in [2.45, 2.75) is 6.42 Å². The zero-order valence-corrected chi connectivity index (χ0v) is 14.4. The summed E-state index contributed by atoms with van der Waals surface area (Å²) in [6.45, 7) is 0.641. The molecule has 0 unspecified atom stereocenters. The summed E-state index contributed by atoms with van der Waals surface area (Å²) in [5.74, 6) is -0.291. The number of ether oxygens (including phenoxy) is 1. The average molecular weight is 361 g/mol. The normalized spacial score (nSPS) is 12.2. The first-order valence-corrected chi connectivity index (χ1v) is 8.58. The number of halogens is 1. The van der Waals surface area contributed by atoms with E-state index in [-0.39, 0.29) is 22.8 Å². The van der Waals surface area contributed by atoms with E-state index in [4.69, 9.17) is 4.74 Å². The van der Waals surface area contributed by atoms with Crippen molar-refractivity contribution in [3.63, 3.8) is 0 Å². The Labute approximate surface area is 155 Å². The van der Waals surface area contributed by atoms with Crippen LogP contribution in [0.5, 0.6) is 5.75 Å². The van der Waals surface area contributed by atoms with Gasteiger partial charge < -0.3 is 10.1 Å². The van der Waals surface area contributed by atoms with Gasteiger partial charge in [0.05, 0.1) is 12.2 Å². The fraction of sp³-hybridized carbons (Fsp3) is 0.0909. The van der Waals surface area contributed by atoms with Crippen LogP contribution < -0.4 is 10.1 Å². The van der Waals surface area contributed by atoms with Crippen LogP contribution in [0.25, 0.3) is 0 Å². The van der Waals surface area contributed by atoms with Crippen LogP contribution in [0, 0.1) is 5.82 Å². The van der Waals surface area contributed by atoms with Crippen molar-refractivity contribution in [3.05, 3.63) is 94.8 Å². The Kier molecular flexibility index (Phi) is 4.42. The quantitative estimate of drug-likeness (QED) is 0.707. The molecule has 0 atom stereocenters. The summed E-state index contributed by atoms with van der Waals surface area (Å²) in [6.07, 6.45) is 0.804. The van der Waals surface area contributed by atoms with E-state index < -0.39 is 5.82 Å². The van der Waals surface area contributed by atoms with Gasteiger partial charge in [0.25, 0.3) is 5.91 Å². The molecule has 0 saturated carbocycles. The molecule has 1 N–H and O–H groups in total. The highest BCUT2D eigenvalue weighted by Crippen LogP contribution is 2.28. The summed E-state index contributed by atoms with van der Waals surface area (Å²) in [6, 6.07) is 17.3. The number of amides is 1. The third-order valence-electron chi connectivity index (χ3n) is 4.47. The molecule has 1 aliphatic rings. The molecule has 0 spiro atoms. The van der Waals surface area contributed by atoms with Crippen LogP contribution in [-0.2, 0) is 6.42 Å². The van der Waals surface area contributed by atoms with Crippen LogP contribution in [0.2, 0.25) is 0 Å². The van der Waals surface area contributed by atoms with E-state index in [1.165, 1.54) is 24.3 Å². The number of carbonyl (C=O) groups excluding carboxylic acids is 2. The van der Waals surface area contributed by atoms with E-state index >= 15 is 0 Å². The van der Waals surface area contributed by atoms with Crippen LogP contribution in [0.3, 0.4) is 0 Å². The Morgan fingerprint density at radius 1 is 0.926 bits per heavy atom. The standard InChI is InChI=1S/C22H16FNO3/c23-16-7-5-14(6-8-16)21(25)18-3-1-2-4-19(18)22(26)24-17-9-10-20-15(13-17)11-12-27-20/h1-10,13H,11-12H2,(H,24,26). The average Bonchev–Trinajstić information content (AvgIpc) is 3.16. The zero-order valence-electron chi connectivity index (χ0n) is 14.4. The van der Waals surface area contributed by atoms with Gasteiger partial charge in [-0.25, -0.2) is 4.39 Å². The lowest BCUT2D eigenvalue weighted by Gasteiger charge is -2.10. The molecular formula is C22H16FNO3. The summed E-state index contributed by atoms with van der Waals surface area (Å²) < 4.78 is 18.6. The third-order valence-corrected chi connectivity index (χ3v) is 4.47. The molecule has 4 rings (SSSR count). The van der Waals surface area contributed by atoms with E-state index in [2.05, 4.69) is 5.32 Å². The fourth-order valence-electron chi connectivity index (χ4n) is 3.10. The van der Waals surface area contributed by atoms with Gasteiger partial charge in [0.1, 0.15) is 11.6 Å². The predicted octanol–water partition coefficient (Wildman–Crippen LogP) is 4.24. The molecule has 4 nitrogen and oxygen atoms in total. The second-order valence-electron chi connectivity index (χ2n) is 6.26. The number of nitrogens with one attached hydrogen (secondary N) is 1. The number of fused-ring (bicyclic) bond motifs is 1. The maximum atomic E-state index is 13.1. The van der Waals surface area contributed by atoms with Crippen molar-refractivity contribution in [2.75, 3.05) is 11.9 Å². The molecular weight excluding hydrogens is 345 g/mol. The first-order valence-electron chi connectivity index (χ1n) is 8.58. The largest absolute Gasteiger partial charge is 0.493 e. The minimum Gasteiger partial charge on any atom is -0.493 e. The predicted molar refractivity (Wildman–Crippen MR) is 99.9 cm³/mol. The molecule has 0 fully saturated rings. The Morgan fingerprint density at radius 2 is 1.67 bits per heavy atom. The van der Waals surface area contributed by atoms with E-state index in [0.29, 0.717) is 17.9 Å². The number of carbonyl (C=O) groups is 2. The topological polar surface area (TPSA) is 55.4 Å². The Bertz CT molecular complexity index is 1030. The molecule has 1 aliphatic heterocycles. The van der Waals surface area contributed by atoms with Gasteiger partial charge in [-0.15, -0.1) is 0 Å². The van der Waals surface area contributed by atoms with Crippen LogP contribution in [0.1, 0.15) is 31.8 Å². The van der Waals surface area contributed by atoms with Crippen LogP contribution in [-0.4, -0.2) is 18.3 Å². The van der Waals surface area contributed by atoms with Crippen molar-refractivity contribution in [2.24, 2.45) is 0 Å². The van der Waals surface area contributed by atoms with Crippen LogP contribution in [0.15, 0.2) is 66.7 Å². The molecule has 3 aromatic rings. The monoisotopic (exact) mass is 361 g/mol. The Hall–Kier alpha value is -3.47. The molecule has 0 bridgehead atoms. The number of benzene rings is 3. The summed E-state index contributed by atoms with van der Waals surface area (Å²) in [4.78, 5) is 25.5.